The van der Waals surface area contributed by atoms with Gasteiger partial charge in [0.25, 0.3) is 0 Å². The number of unbranched alkanes of at least 4 members (excludes halogenated alkanes) is 10. The van der Waals surface area contributed by atoms with Crippen LogP contribution in [0.25, 0.3) is 10.9 Å². The van der Waals surface area contributed by atoms with Crippen molar-refractivity contribution in [3.05, 3.63) is 36.0 Å². The molecule has 0 saturated heterocycles. The normalized spacial score (nSPS) is 11.0. The molecule has 0 radical (unpaired) electrons. The molecule has 0 saturated carbocycles. The van der Waals surface area contributed by atoms with E-state index in [0.717, 1.165) is 30.0 Å². The lowest BCUT2D eigenvalue weighted by Gasteiger charge is -2.07. The maximum atomic E-state index is 12.0. The van der Waals surface area contributed by atoms with E-state index in [1.807, 2.05) is 28.8 Å². The minimum atomic E-state index is -0.165. The van der Waals surface area contributed by atoms with Crippen LogP contribution in [0.3, 0.4) is 0 Å². The summed E-state index contributed by atoms with van der Waals surface area (Å²) in [5.74, 6) is -0.165. The zero-order valence-electron chi connectivity index (χ0n) is 17.3. The van der Waals surface area contributed by atoms with Gasteiger partial charge in [0, 0.05) is 23.6 Å². The Morgan fingerprint density at radius 2 is 1.54 bits per heavy atom. The monoisotopic (exact) mass is 385 g/mol. The quantitative estimate of drug-likeness (QED) is 0.196. The number of rotatable bonds is 15. The van der Waals surface area contributed by atoms with Gasteiger partial charge in [0.1, 0.15) is 0 Å². The molecule has 1 aromatic carbocycles. The van der Waals surface area contributed by atoms with Gasteiger partial charge in [0.15, 0.2) is 13.0 Å². The highest BCUT2D eigenvalue weighted by Crippen LogP contribution is 2.20. The maximum absolute atomic E-state index is 12.0. The summed E-state index contributed by atoms with van der Waals surface area (Å²) in [5.41, 5.74) is 1.53. The van der Waals surface area contributed by atoms with Crippen molar-refractivity contribution in [1.82, 2.24) is 4.57 Å². The molecule has 0 atom stereocenters. The highest BCUT2D eigenvalue weighted by atomic mass is 16.5. The molecule has 0 aliphatic carbocycles. The SMILES string of the molecule is CCCCCCCCCCCCCC(=O)OCn1cc(C=O)c2ccccc21. The lowest BCUT2D eigenvalue weighted by Crippen LogP contribution is -2.08. The molecule has 0 spiro atoms. The van der Waals surface area contributed by atoms with Crippen LogP contribution in [0.5, 0.6) is 0 Å². The van der Waals surface area contributed by atoms with Gasteiger partial charge in [0.2, 0.25) is 0 Å². The van der Waals surface area contributed by atoms with Crippen LogP contribution in [-0.2, 0) is 16.3 Å². The topological polar surface area (TPSA) is 48.3 Å². The molecule has 4 heteroatoms. The third kappa shape index (κ3) is 7.49. The summed E-state index contributed by atoms with van der Waals surface area (Å²) < 4.78 is 7.21. The van der Waals surface area contributed by atoms with E-state index in [0.29, 0.717) is 12.0 Å². The van der Waals surface area contributed by atoms with Gasteiger partial charge in [-0.25, -0.2) is 0 Å². The molecule has 1 aromatic heterocycles. The summed E-state index contributed by atoms with van der Waals surface area (Å²) >= 11 is 0. The Hall–Kier alpha value is -2.10. The van der Waals surface area contributed by atoms with E-state index in [1.165, 1.54) is 57.8 Å². The number of aromatic nitrogens is 1. The number of para-hydroxylation sites is 1. The maximum Gasteiger partial charge on any atom is 0.307 e. The van der Waals surface area contributed by atoms with Crippen LogP contribution in [0.4, 0.5) is 0 Å². The van der Waals surface area contributed by atoms with Crippen LogP contribution >= 0.6 is 0 Å². The van der Waals surface area contributed by atoms with E-state index < -0.39 is 0 Å². The second-order valence-corrected chi connectivity index (χ2v) is 7.62. The highest BCUT2D eigenvalue weighted by Gasteiger charge is 2.09. The van der Waals surface area contributed by atoms with Gasteiger partial charge in [-0.3, -0.25) is 9.59 Å². The standard InChI is InChI=1S/C24H35NO3/c1-2-3-4-5-6-7-8-9-10-11-12-17-24(27)28-20-25-18-21(19-26)22-15-13-14-16-23(22)25/h13-16,18-19H,2-12,17,20H2,1H3. The number of fused-ring (bicyclic) bond motifs is 1. The lowest BCUT2D eigenvalue weighted by molar-refractivity contribution is -0.147. The van der Waals surface area contributed by atoms with Gasteiger partial charge in [-0.1, -0.05) is 89.3 Å². The molecule has 0 N–H and O–H groups in total. The fourth-order valence-electron chi connectivity index (χ4n) is 3.62. The van der Waals surface area contributed by atoms with Crippen LogP contribution in [0, 0.1) is 0 Å². The molecule has 4 nitrogen and oxygen atoms in total. The number of hydrogen-bond acceptors (Lipinski definition) is 3. The van der Waals surface area contributed by atoms with Crippen molar-refractivity contribution in [2.45, 2.75) is 90.7 Å². The molecule has 2 aromatic rings. The predicted octanol–water partition coefficient (Wildman–Crippen LogP) is 6.66. The van der Waals surface area contributed by atoms with E-state index in [9.17, 15) is 9.59 Å². The fraction of sp³-hybridized carbons (Fsp3) is 0.583. The summed E-state index contributed by atoms with van der Waals surface area (Å²) in [5, 5.41) is 0.888. The van der Waals surface area contributed by atoms with Gasteiger partial charge in [-0.2, -0.15) is 0 Å². The fourth-order valence-corrected chi connectivity index (χ4v) is 3.62. The largest absolute Gasteiger partial charge is 0.444 e. The summed E-state index contributed by atoms with van der Waals surface area (Å²) in [6, 6.07) is 7.65. The number of carbonyl (C=O) groups is 2. The Morgan fingerprint density at radius 3 is 2.18 bits per heavy atom. The summed E-state index contributed by atoms with van der Waals surface area (Å²) in [6.45, 7) is 2.41. The Balaban J connectivity index is 1.55. The predicted molar refractivity (Wildman–Crippen MR) is 114 cm³/mol. The van der Waals surface area contributed by atoms with E-state index in [2.05, 4.69) is 6.92 Å². The Kier molecular flexibility index (Phi) is 10.4. The third-order valence-corrected chi connectivity index (χ3v) is 5.30. The number of ether oxygens (including phenoxy) is 1. The number of esters is 1. The Morgan fingerprint density at radius 1 is 0.929 bits per heavy atom. The first kappa shape index (κ1) is 22.2. The van der Waals surface area contributed by atoms with Crippen molar-refractivity contribution in [2.75, 3.05) is 0 Å². The second-order valence-electron chi connectivity index (χ2n) is 7.62. The van der Waals surface area contributed by atoms with Crippen LogP contribution in [0.15, 0.2) is 30.5 Å². The molecule has 0 aliphatic rings. The van der Waals surface area contributed by atoms with Gasteiger partial charge < -0.3 is 9.30 Å². The van der Waals surface area contributed by atoms with E-state index in [-0.39, 0.29) is 12.7 Å². The smallest absolute Gasteiger partial charge is 0.307 e. The molecule has 0 aliphatic heterocycles. The molecular formula is C24H35NO3. The van der Waals surface area contributed by atoms with Crippen molar-refractivity contribution >= 4 is 23.2 Å². The van der Waals surface area contributed by atoms with Gasteiger partial charge in [0.05, 0.1) is 5.52 Å². The van der Waals surface area contributed by atoms with Crippen molar-refractivity contribution in [3.8, 4) is 0 Å². The first-order chi connectivity index (χ1) is 13.8. The van der Waals surface area contributed by atoms with Crippen LogP contribution in [0.2, 0.25) is 0 Å². The van der Waals surface area contributed by atoms with Gasteiger partial charge in [-0.05, 0) is 12.5 Å². The molecule has 0 fully saturated rings. The Labute approximate surface area is 169 Å². The molecule has 2 rings (SSSR count). The van der Waals surface area contributed by atoms with Crippen LogP contribution < -0.4 is 0 Å². The van der Waals surface area contributed by atoms with Gasteiger partial charge >= 0.3 is 5.97 Å². The lowest BCUT2D eigenvalue weighted by atomic mass is 10.1. The number of hydrogen-bond donors (Lipinski definition) is 0. The van der Waals surface area contributed by atoms with Crippen molar-refractivity contribution in [2.24, 2.45) is 0 Å². The van der Waals surface area contributed by atoms with Crippen LogP contribution in [-0.4, -0.2) is 16.8 Å². The number of benzene rings is 1. The van der Waals surface area contributed by atoms with Crippen molar-refractivity contribution in [3.63, 3.8) is 0 Å². The molecular weight excluding hydrogens is 350 g/mol. The number of carbonyl (C=O) groups excluding carboxylic acids is 2. The van der Waals surface area contributed by atoms with Crippen molar-refractivity contribution in [1.29, 1.82) is 0 Å². The first-order valence-electron chi connectivity index (χ1n) is 10.9. The van der Waals surface area contributed by atoms with Crippen LogP contribution in [0.1, 0.15) is 94.3 Å². The molecule has 154 valence electrons. The average Bonchev–Trinajstić information content (AvgIpc) is 3.08. The zero-order valence-corrected chi connectivity index (χ0v) is 17.3. The summed E-state index contributed by atoms with van der Waals surface area (Å²) in [6.07, 6.45) is 17.0. The minimum Gasteiger partial charge on any atom is -0.444 e. The van der Waals surface area contributed by atoms with E-state index in [1.54, 1.807) is 6.20 Å². The van der Waals surface area contributed by atoms with E-state index in [4.69, 9.17) is 4.74 Å². The number of aldehydes is 1. The summed E-state index contributed by atoms with van der Waals surface area (Å²) in [4.78, 5) is 23.2. The van der Waals surface area contributed by atoms with Crippen molar-refractivity contribution < 1.29 is 14.3 Å². The third-order valence-electron chi connectivity index (χ3n) is 5.30. The molecule has 0 bridgehead atoms. The van der Waals surface area contributed by atoms with Gasteiger partial charge in [-0.15, -0.1) is 0 Å². The number of nitrogens with zero attached hydrogens (tertiary/aromatic N) is 1. The second kappa shape index (κ2) is 13.1. The highest BCUT2D eigenvalue weighted by molar-refractivity contribution is 5.97. The average molecular weight is 386 g/mol. The first-order valence-corrected chi connectivity index (χ1v) is 10.9. The van der Waals surface area contributed by atoms with E-state index >= 15 is 0 Å². The Bertz CT molecular complexity index is 720. The minimum absolute atomic E-state index is 0.158. The molecule has 28 heavy (non-hydrogen) atoms. The summed E-state index contributed by atoms with van der Waals surface area (Å²) in [7, 11) is 0. The molecule has 1 heterocycles. The molecule has 0 amide bonds. The zero-order chi connectivity index (χ0) is 20.0. The molecule has 0 unspecified atom stereocenters.